The summed E-state index contributed by atoms with van der Waals surface area (Å²) in [7, 11) is 3.24. The number of nitrogens with zero attached hydrogens (tertiary/aromatic N) is 2. The van der Waals surface area contributed by atoms with Crippen LogP contribution in [-0.4, -0.2) is 57.0 Å². The Morgan fingerprint density at radius 2 is 1.67 bits per heavy atom. The van der Waals surface area contributed by atoms with Crippen LogP contribution in [0.25, 0.3) is 0 Å². The lowest BCUT2D eigenvalue weighted by Crippen LogP contribution is -2.35. The van der Waals surface area contributed by atoms with Crippen molar-refractivity contribution >= 4 is 17.8 Å². The molecule has 1 fully saturated rings. The van der Waals surface area contributed by atoms with Crippen LogP contribution in [0.4, 0.5) is 5.69 Å². The smallest absolute Gasteiger partial charge is 0.256 e. The second-order valence-corrected chi connectivity index (χ2v) is 11.9. The predicted molar refractivity (Wildman–Crippen MR) is 168 cm³/mol. The minimum atomic E-state index is -0.221. The van der Waals surface area contributed by atoms with E-state index in [1.54, 1.807) is 20.3 Å². The van der Waals surface area contributed by atoms with Crippen LogP contribution in [-0.2, 0) is 0 Å². The molecule has 8 nitrogen and oxygen atoms in total. The van der Waals surface area contributed by atoms with E-state index in [4.69, 9.17) is 23.7 Å². The minimum Gasteiger partial charge on any atom is -0.497 e. The lowest BCUT2D eigenvalue weighted by molar-refractivity contribution is 0.0709. The van der Waals surface area contributed by atoms with Gasteiger partial charge in [0.2, 0.25) is 0 Å². The quantitative estimate of drug-likeness (QED) is 0.217. The Kier molecular flexibility index (Phi) is 9.14. The molecule has 2 aliphatic rings. The van der Waals surface area contributed by atoms with Crippen molar-refractivity contribution in [3.05, 3.63) is 65.7 Å². The Hall–Kier alpha value is -4.20. The molecule has 3 aromatic carbocycles. The summed E-state index contributed by atoms with van der Waals surface area (Å²) in [6.07, 6.45) is 4.74. The van der Waals surface area contributed by atoms with Crippen LogP contribution in [0, 0.1) is 18.3 Å². The number of hydrogen-bond donors (Lipinski definition) is 0. The van der Waals surface area contributed by atoms with Crippen molar-refractivity contribution in [1.82, 2.24) is 4.90 Å². The van der Waals surface area contributed by atoms with Crippen molar-refractivity contribution in [1.29, 1.82) is 0 Å². The third kappa shape index (κ3) is 6.74. The van der Waals surface area contributed by atoms with Crippen molar-refractivity contribution in [2.24, 2.45) is 16.3 Å². The van der Waals surface area contributed by atoms with Crippen molar-refractivity contribution in [3.8, 4) is 34.5 Å². The highest BCUT2D eigenvalue weighted by Crippen LogP contribution is 2.40. The second-order valence-electron chi connectivity index (χ2n) is 11.9. The molecule has 0 saturated carbocycles. The number of methoxy groups -OCH3 is 2. The van der Waals surface area contributed by atoms with E-state index in [9.17, 15) is 4.79 Å². The lowest BCUT2D eigenvalue weighted by Gasteiger charge is -2.33. The number of rotatable bonds is 12. The molecule has 0 aromatic heterocycles. The van der Waals surface area contributed by atoms with Crippen molar-refractivity contribution in [2.75, 3.05) is 34.0 Å². The molecule has 0 N–H and O–H groups in total. The standard InChI is InChI=1S/C35H42N2O6/c1-7-24(21-41-28-11-10-23(2)31(17-28)43-27-14-12-26(39-5)13-15-27)35(3,4)22-42-33-19-30-29(18-32(33)40-6)34(38)37-16-8-9-25(37)20-36-30/h10-15,17-20,24-25H,7-9,16,21-22H2,1-6H3. The van der Waals surface area contributed by atoms with E-state index < -0.39 is 0 Å². The molecule has 2 unspecified atom stereocenters. The van der Waals surface area contributed by atoms with Crippen LogP contribution < -0.4 is 23.7 Å². The molecule has 5 rings (SSSR count). The van der Waals surface area contributed by atoms with E-state index in [0.29, 0.717) is 36.0 Å². The number of carbonyl (C=O) groups is 1. The van der Waals surface area contributed by atoms with Gasteiger partial charge in [0.05, 0.1) is 44.7 Å². The van der Waals surface area contributed by atoms with Gasteiger partial charge in [0.1, 0.15) is 23.0 Å². The van der Waals surface area contributed by atoms with Crippen LogP contribution >= 0.6 is 0 Å². The van der Waals surface area contributed by atoms with E-state index in [1.165, 1.54) is 0 Å². The average Bonchev–Trinajstić information content (AvgIpc) is 3.44. The Morgan fingerprint density at radius 1 is 0.930 bits per heavy atom. The fourth-order valence-electron chi connectivity index (χ4n) is 5.65. The van der Waals surface area contributed by atoms with Crippen LogP contribution in [0.5, 0.6) is 34.5 Å². The van der Waals surface area contributed by atoms with Crippen LogP contribution in [0.2, 0.25) is 0 Å². The van der Waals surface area contributed by atoms with Gasteiger partial charge < -0.3 is 28.6 Å². The van der Waals surface area contributed by atoms with Gasteiger partial charge >= 0.3 is 0 Å². The lowest BCUT2D eigenvalue weighted by atomic mass is 9.78. The summed E-state index contributed by atoms with van der Waals surface area (Å²) in [6, 6.07) is 17.1. The summed E-state index contributed by atoms with van der Waals surface area (Å²) in [5.41, 5.74) is 1.97. The molecule has 0 aliphatic carbocycles. The summed E-state index contributed by atoms with van der Waals surface area (Å²) in [5.74, 6) is 4.32. The van der Waals surface area contributed by atoms with Gasteiger partial charge in [-0.2, -0.15) is 0 Å². The number of benzene rings is 3. The third-order valence-corrected chi connectivity index (χ3v) is 8.55. The number of aryl methyl sites for hydroxylation is 1. The van der Waals surface area contributed by atoms with Crippen molar-refractivity contribution in [3.63, 3.8) is 0 Å². The first-order valence-corrected chi connectivity index (χ1v) is 15.0. The molecular weight excluding hydrogens is 544 g/mol. The summed E-state index contributed by atoms with van der Waals surface area (Å²) in [5, 5.41) is 0. The van der Waals surface area contributed by atoms with Gasteiger partial charge in [-0.05, 0) is 68.1 Å². The van der Waals surface area contributed by atoms with Gasteiger partial charge in [0.15, 0.2) is 11.5 Å². The Bertz CT molecular complexity index is 1470. The second kappa shape index (κ2) is 13.0. The number of carbonyl (C=O) groups excluding carboxylic acids is 1. The normalized spacial score (nSPS) is 16.7. The highest BCUT2D eigenvalue weighted by molar-refractivity contribution is 6.03. The minimum absolute atomic E-state index is 0.00274. The van der Waals surface area contributed by atoms with Gasteiger partial charge in [-0.1, -0.05) is 26.8 Å². The maximum absolute atomic E-state index is 13.2. The summed E-state index contributed by atoms with van der Waals surface area (Å²) >= 11 is 0. The van der Waals surface area contributed by atoms with Gasteiger partial charge in [-0.15, -0.1) is 0 Å². The van der Waals surface area contributed by atoms with E-state index in [0.717, 1.165) is 54.4 Å². The summed E-state index contributed by atoms with van der Waals surface area (Å²) in [6.45, 7) is 10.3. The molecule has 43 heavy (non-hydrogen) atoms. The molecule has 2 heterocycles. The monoisotopic (exact) mass is 586 g/mol. The van der Waals surface area contributed by atoms with Crippen LogP contribution in [0.1, 0.15) is 56.0 Å². The first kappa shape index (κ1) is 30.3. The largest absolute Gasteiger partial charge is 0.497 e. The number of aliphatic imine (C=N–C) groups is 1. The molecule has 2 atom stereocenters. The average molecular weight is 587 g/mol. The number of hydrogen-bond acceptors (Lipinski definition) is 7. The zero-order chi connectivity index (χ0) is 30.6. The molecule has 0 bridgehead atoms. The molecule has 3 aromatic rings. The van der Waals surface area contributed by atoms with E-state index in [2.05, 4.69) is 25.8 Å². The third-order valence-electron chi connectivity index (χ3n) is 8.55. The zero-order valence-electron chi connectivity index (χ0n) is 26.0. The Labute approximate surface area is 254 Å². The number of ether oxygens (including phenoxy) is 5. The van der Waals surface area contributed by atoms with Gasteiger partial charge in [0.25, 0.3) is 5.91 Å². The van der Waals surface area contributed by atoms with Gasteiger partial charge in [-0.3, -0.25) is 9.79 Å². The van der Waals surface area contributed by atoms with Gasteiger partial charge in [-0.25, -0.2) is 0 Å². The molecule has 1 saturated heterocycles. The van der Waals surface area contributed by atoms with E-state index in [1.807, 2.05) is 66.6 Å². The first-order valence-electron chi connectivity index (χ1n) is 15.0. The molecule has 0 spiro atoms. The highest BCUT2D eigenvalue weighted by atomic mass is 16.5. The first-order chi connectivity index (χ1) is 20.7. The predicted octanol–water partition coefficient (Wildman–Crippen LogP) is 7.64. The summed E-state index contributed by atoms with van der Waals surface area (Å²) < 4.78 is 29.7. The summed E-state index contributed by atoms with van der Waals surface area (Å²) in [4.78, 5) is 19.8. The molecule has 2 aliphatic heterocycles. The Balaban J connectivity index is 1.25. The van der Waals surface area contributed by atoms with Gasteiger partial charge in [0, 0.05) is 36.2 Å². The number of fused-ring (bicyclic) bond motifs is 2. The zero-order valence-corrected chi connectivity index (χ0v) is 26.0. The van der Waals surface area contributed by atoms with Crippen LogP contribution in [0.3, 0.4) is 0 Å². The molecule has 228 valence electrons. The van der Waals surface area contributed by atoms with Crippen LogP contribution in [0.15, 0.2) is 59.6 Å². The fraction of sp³-hybridized carbons (Fsp3) is 0.429. The molecule has 8 heteroatoms. The highest BCUT2D eigenvalue weighted by Gasteiger charge is 2.34. The Morgan fingerprint density at radius 3 is 2.40 bits per heavy atom. The maximum Gasteiger partial charge on any atom is 0.256 e. The van der Waals surface area contributed by atoms with E-state index >= 15 is 0 Å². The molecule has 0 radical (unpaired) electrons. The molecular formula is C35H42N2O6. The van der Waals surface area contributed by atoms with Crippen molar-refractivity contribution < 1.29 is 28.5 Å². The van der Waals surface area contributed by atoms with E-state index in [-0.39, 0.29) is 23.3 Å². The number of amides is 1. The van der Waals surface area contributed by atoms with Crippen molar-refractivity contribution in [2.45, 2.75) is 53.0 Å². The fourth-order valence-corrected chi connectivity index (χ4v) is 5.65. The topological polar surface area (TPSA) is 78.8 Å². The SMILES string of the molecule is CCC(COc1ccc(C)c(Oc2ccc(OC)cc2)c1)C(C)(C)COc1cc2c(cc1OC)C(=O)N1CCCC1C=N2. The maximum atomic E-state index is 13.2. The molecule has 1 amide bonds.